The van der Waals surface area contributed by atoms with E-state index in [0.29, 0.717) is 32.7 Å². The summed E-state index contributed by atoms with van der Waals surface area (Å²) >= 11 is 0. The number of phenolic OH excluding ortho intramolecular Hbond substituents is 1. The molecule has 0 unspecified atom stereocenters. The summed E-state index contributed by atoms with van der Waals surface area (Å²) in [6.45, 7) is 1.79. The highest BCUT2D eigenvalue weighted by Crippen LogP contribution is 2.22. The smallest absolute Gasteiger partial charge is 0.317 e. The van der Waals surface area contributed by atoms with E-state index >= 15 is 0 Å². The van der Waals surface area contributed by atoms with Crippen molar-refractivity contribution in [2.24, 2.45) is 0 Å². The normalized spacial score (nSPS) is 17.3. The lowest BCUT2D eigenvalue weighted by Gasteiger charge is -2.33. The lowest BCUT2D eigenvalue weighted by atomic mass is 10.1. The van der Waals surface area contributed by atoms with Crippen LogP contribution in [0.1, 0.15) is 17.2 Å². The van der Waals surface area contributed by atoms with Crippen molar-refractivity contribution in [3.05, 3.63) is 65.5 Å². The summed E-state index contributed by atoms with van der Waals surface area (Å²) in [5.41, 5.74) is 1.69. The van der Waals surface area contributed by atoms with Gasteiger partial charge in [0, 0.05) is 13.1 Å². The molecule has 1 atom stereocenters. The van der Waals surface area contributed by atoms with Crippen molar-refractivity contribution >= 4 is 6.03 Å². The summed E-state index contributed by atoms with van der Waals surface area (Å²) in [4.78, 5) is 14.0. The molecule has 0 aliphatic carbocycles. The Morgan fingerprint density at radius 1 is 1.28 bits per heavy atom. The minimum absolute atomic E-state index is 0.162. The maximum Gasteiger partial charge on any atom is 0.317 e. The number of halogens is 1. The number of nitrogens with one attached hydrogen (secondary N) is 1. The Kier molecular flexibility index (Phi) is 5.50. The molecule has 132 valence electrons. The van der Waals surface area contributed by atoms with Gasteiger partial charge in [-0.05, 0) is 41.8 Å². The molecule has 5 nitrogen and oxygen atoms in total. The molecule has 0 aromatic heterocycles. The first kappa shape index (κ1) is 17.2. The van der Waals surface area contributed by atoms with Crippen LogP contribution in [0.15, 0.2) is 48.5 Å². The number of morpholine rings is 1. The molecule has 0 bridgehead atoms. The Bertz CT molecular complexity index is 738. The summed E-state index contributed by atoms with van der Waals surface area (Å²) in [5, 5.41) is 12.3. The molecule has 0 radical (unpaired) electrons. The summed E-state index contributed by atoms with van der Waals surface area (Å²) < 4.78 is 19.0. The fraction of sp³-hybridized carbons (Fsp3) is 0.316. The Morgan fingerprint density at radius 3 is 2.92 bits per heavy atom. The number of carbonyl (C=O) groups excluding carboxylic acids is 1. The first-order valence-corrected chi connectivity index (χ1v) is 8.29. The number of amides is 2. The average Bonchev–Trinajstić information content (AvgIpc) is 2.62. The van der Waals surface area contributed by atoms with Gasteiger partial charge in [-0.1, -0.05) is 24.3 Å². The predicted molar refractivity (Wildman–Crippen MR) is 91.9 cm³/mol. The van der Waals surface area contributed by atoms with Gasteiger partial charge in [-0.15, -0.1) is 0 Å². The average molecular weight is 344 g/mol. The van der Waals surface area contributed by atoms with Crippen LogP contribution in [0.25, 0.3) is 0 Å². The van der Waals surface area contributed by atoms with E-state index in [1.165, 1.54) is 12.1 Å². The highest BCUT2D eigenvalue weighted by atomic mass is 19.1. The fourth-order valence-electron chi connectivity index (χ4n) is 2.88. The maximum atomic E-state index is 13.4. The quantitative estimate of drug-likeness (QED) is 0.897. The third-order valence-electron chi connectivity index (χ3n) is 4.17. The van der Waals surface area contributed by atoms with Crippen molar-refractivity contribution in [3.63, 3.8) is 0 Å². The van der Waals surface area contributed by atoms with Crippen LogP contribution in [0.5, 0.6) is 5.75 Å². The summed E-state index contributed by atoms with van der Waals surface area (Å²) in [6, 6.07) is 13.1. The zero-order valence-corrected chi connectivity index (χ0v) is 13.8. The standard InChI is InChI=1S/C19H21FN2O3/c20-16-5-2-4-15(12-16)18-13-22(9-10-25-18)19(24)21-8-7-14-3-1-6-17(23)11-14/h1-6,11-12,18,23H,7-10,13H2,(H,21,24)/t18-/m1/s1. The Balaban J connectivity index is 1.51. The van der Waals surface area contributed by atoms with E-state index in [-0.39, 0.29) is 23.7 Å². The number of aromatic hydroxyl groups is 1. The molecule has 3 rings (SSSR count). The number of urea groups is 1. The van der Waals surface area contributed by atoms with Gasteiger partial charge < -0.3 is 20.1 Å². The van der Waals surface area contributed by atoms with Gasteiger partial charge in [0.25, 0.3) is 0 Å². The van der Waals surface area contributed by atoms with Crippen molar-refractivity contribution < 1.29 is 19.0 Å². The molecule has 6 heteroatoms. The number of nitrogens with zero attached hydrogens (tertiary/aromatic N) is 1. The van der Waals surface area contributed by atoms with Gasteiger partial charge in [0.15, 0.2) is 0 Å². The van der Waals surface area contributed by atoms with Crippen molar-refractivity contribution in [1.29, 1.82) is 0 Å². The van der Waals surface area contributed by atoms with Crippen LogP contribution in [0.2, 0.25) is 0 Å². The van der Waals surface area contributed by atoms with Crippen LogP contribution in [0.4, 0.5) is 9.18 Å². The third kappa shape index (κ3) is 4.70. The van der Waals surface area contributed by atoms with Crippen LogP contribution in [0.3, 0.4) is 0 Å². The van der Waals surface area contributed by atoms with E-state index in [1.807, 2.05) is 6.07 Å². The number of benzene rings is 2. The number of hydrogen-bond donors (Lipinski definition) is 2. The van der Waals surface area contributed by atoms with E-state index in [4.69, 9.17) is 4.74 Å². The molecule has 2 aromatic carbocycles. The van der Waals surface area contributed by atoms with Crippen LogP contribution in [-0.4, -0.2) is 42.3 Å². The molecule has 1 aliphatic heterocycles. The van der Waals surface area contributed by atoms with E-state index in [9.17, 15) is 14.3 Å². The van der Waals surface area contributed by atoms with Gasteiger partial charge in [0.1, 0.15) is 17.7 Å². The summed E-state index contributed by atoms with van der Waals surface area (Å²) in [6.07, 6.45) is 0.318. The zero-order valence-electron chi connectivity index (χ0n) is 13.8. The second-order valence-electron chi connectivity index (χ2n) is 6.01. The van der Waals surface area contributed by atoms with Crippen molar-refractivity contribution in [2.75, 3.05) is 26.2 Å². The van der Waals surface area contributed by atoms with Crippen LogP contribution in [-0.2, 0) is 11.2 Å². The van der Waals surface area contributed by atoms with E-state index in [0.717, 1.165) is 11.1 Å². The minimum Gasteiger partial charge on any atom is -0.508 e. The summed E-state index contributed by atoms with van der Waals surface area (Å²) in [7, 11) is 0. The molecule has 0 saturated carbocycles. The molecule has 25 heavy (non-hydrogen) atoms. The van der Waals surface area contributed by atoms with Crippen LogP contribution < -0.4 is 5.32 Å². The number of carbonyl (C=O) groups is 1. The highest BCUT2D eigenvalue weighted by molar-refractivity contribution is 5.74. The van der Waals surface area contributed by atoms with Gasteiger partial charge in [0.05, 0.1) is 13.2 Å². The zero-order chi connectivity index (χ0) is 17.6. The molecule has 1 saturated heterocycles. The van der Waals surface area contributed by atoms with Gasteiger partial charge >= 0.3 is 6.03 Å². The molecule has 0 spiro atoms. The fourth-order valence-corrected chi connectivity index (χ4v) is 2.88. The maximum absolute atomic E-state index is 13.4. The number of phenols is 1. The lowest BCUT2D eigenvalue weighted by molar-refractivity contribution is -0.0155. The minimum atomic E-state index is -0.318. The van der Waals surface area contributed by atoms with E-state index < -0.39 is 0 Å². The number of ether oxygens (including phenoxy) is 1. The molecule has 1 fully saturated rings. The molecular formula is C19H21FN2O3. The predicted octanol–water partition coefficient (Wildman–Crippen LogP) is 2.86. The molecular weight excluding hydrogens is 323 g/mol. The van der Waals surface area contributed by atoms with Gasteiger partial charge in [-0.25, -0.2) is 9.18 Å². The highest BCUT2D eigenvalue weighted by Gasteiger charge is 2.25. The first-order valence-electron chi connectivity index (χ1n) is 8.29. The monoisotopic (exact) mass is 344 g/mol. The molecule has 2 amide bonds. The second-order valence-corrected chi connectivity index (χ2v) is 6.01. The topological polar surface area (TPSA) is 61.8 Å². The molecule has 2 N–H and O–H groups in total. The third-order valence-corrected chi connectivity index (χ3v) is 4.17. The largest absolute Gasteiger partial charge is 0.508 e. The SMILES string of the molecule is O=C(NCCc1cccc(O)c1)N1CCO[C@@H](c2cccc(F)c2)C1. The molecule has 1 aliphatic rings. The molecule has 1 heterocycles. The Hall–Kier alpha value is -2.60. The lowest BCUT2D eigenvalue weighted by Crippen LogP contribution is -2.47. The van der Waals surface area contributed by atoms with Crippen molar-refractivity contribution in [1.82, 2.24) is 10.2 Å². The van der Waals surface area contributed by atoms with E-state index in [2.05, 4.69) is 5.32 Å². The van der Waals surface area contributed by atoms with Gasteiger partial charge in [-0.2, -0.15) is 0 Å². The van der Waals surface area contributed by atoms with Gasteiger partial charge in [0.2, 0.25) is 0 Å². The van der Waals surface area contributed by atoms with Crippen molar-refractivity contribution in [2.45, 2.75) is 12.5 Å². The van der Waals surface area contributed by atoms with Crippen LogP contribution in [0, 0.1) is 5.82 Å². The van der Waals surface area contributed by atoms with Gasteiger partial charge in [-0.3, -0.25) is 0 Å². The first-order chi connectivity index (χ1) is 12.1. The second kappa shape index (κ2) is 7.98. The summed E-state index contributed by atoms with van der Waals surface area (Å²) in [5.74, 6) is -0.0938. The molecule has 2 aromatic rings. The van der Waals surface area contributed by atoms with Crippen LogP contribution >= 0.6 is 0 Å². The Morgan fingerprint density at radius 2 is 2.12 bits per heavy atom. The Labute approximate surface area is 146 Å². The van der Waals surface area contributed by atoms with E-state index in [1.54, 1.807) is 35.2 Å². The number of rotatable bonds is 4. The number of hydrogen-bond acceptors (Lipinski definition) is 3. The van der Waals surface area contributed by atoms with Crippen molar-refractivity contribution in [3.8, 4) is 5.75 Å².